The first-order valence-corrected chi connectivity index (χ1v) is 8.33. The van der Waals surface area contributed by atoms with Crippen LogP contribution < -0.4 is 10.6 Å². The maximum absolute atomic E-state index is 12.0. The van der Waals surface area contributed by atoms with Crippen LogP contribution in [0.2, 0.25) is 0 Å². The van der Waals surface area contributed by atoms with Gasteiger partial charge in [-0.2, -0.15) is 0 Å². The summed E-state index contributed by atoms with van der Waals surface area (Å²) in [7, 11) is 0. The van der Waals surface area contributed by atoms with Gasteiger partial charge in [-0.1, -0.05) is 0 Å². The quantitative estimate of drug-likeness (QED) is 0.588. The number of benzene rings is 1. The molecule has 0 aliphatic carbocycles. The summed E-state index contributed by atoms with van der Waals surface area (Å²) >= 11 is 6.28. The van der Waals surface area contributed by atoms with Gasteiger partial charge in [-0.05, 0) is 80.4 Å². The molecule has 0 unspecified atom stereocenters. The zero-order valence-electron chi connectivity index (χ0n) is 12.0. The summed E-state index contributed by atoms with van der Waals surface area (Å²) in [4.78, 5) is 23.9. The van der Waals surface area contributed by atoms with Crippen molar-refractivity contribution >= 4 is 55.0 Å². The first-order valence-electron chi connectivity index (χ1n) is 6.75. The molecule has 8 heteroatoms. The van der Waals surface area contributed by atoms with Crippen molar-refractivity contribution in [3.8, 4) is 0 Å². The Hall–Kier alpha value is -2.32. The molecule has 0 aliphatic rings. The van der Waals surface area contributed by atoms with Crippen molar-refractivity contribution in [3.63, 3.8) is 0 Å². The molecular formula is C16H10Br2N2O4. The van der Waals surface area contributed by atoms with Crippen LogP contribution in [0.3, 0.4) is 0 Å². The Morgan fingerprint density at radius 1 is 0.667 bits per heavy atom. The molecule has 2 aromatic heterocycles. The average Bonchev–Trinajstić information content (AvgIpc) is 3.18. The fourth-order valence-electron chi connectivity index (χ4n) is 1.89. The third kappa shape index (κ3) is 3.95. The van der Waals surface area contributed by atoms with Crippen LogP contribution in [0.25, 0.3) is 0 Å². The molecule has 3 aromatic rings. The number of carbonyl (C=O) groups is 2. The lowest BCUT2D eigenvalue weighted by Gasteiger charge is -2.06. The maximum Gasteiger partial charge on any atom is 0.291 e. The van der Waals surface area contributed by atoms with E-state index in [1.165, 1.54) is 0 Å². The van der Waals surface area contributed by atoms with Gasteiger partial charge in [0.25, 0.3) is 11.8 Å². The van der Waals surface area contributed by atoms with Crippen molar-refractivity contribution in [1.82, 2.24) is 0 Å². The first kappa shape index (κ1) is 16.5. The van der Waals surface area contributed by atoms with Crippen LogP contribution in [-0.4, -0.2) is 11.8 Å². The SMILES string of the molecule is O=C(Nc1ccc(NC(=O)c2ccc(Br)o2)cc1)c1ccc(Br)o1. The fraction of sp³-hybridized carbons (Fsp3) is 0. The topological polar surface area (TPSA) is 84.5 Å². The van der Waals surface area contributed by atoms with Gasteiger partial charge in [-0.3, -0.25) is 9.59 Å². The Labute approximate surface area is 153 Å². The van der Waals surface area contributed by atoms with Crippen molar-refractivity contribution in [1.29, 1.82) is 0 Å². The number of amides is 2. The average molecular weight is 454 g/mol. The van der Waals surface area contributed by atoms with E-state index in [0.29, 0.717) is 20.7 Å². The molecule has 2 N–H and O–H groups in total. The zero-order chi connectivity index (χ0) is 17.1. The molecular weight excluding hydrogens is 444 g/mol. The second-order valence-electron chi connectivity index (χ2n) is 4.69. The highest BCUT2D eigenvalue weighted by Gasteiger charge is 2.12. The number of hydrogen-bond acceptors (Lipinski definition) is 4. The van der Waals surface area contributed by atoms with Gasteiger partial charge in [0.15, 0.2) is 20.9 Å². The van der Waals surface area contributed by atoms with Crippen molar-refractivity contribution in [3.05, 3.63) is 69.4 Å². The predicted molar refractivity (Wildman–Crippen MR) is 95.2 cm³/mol. The van der Waals surface area contributed by atoms with Gasteiger partial charge in [-0.15, -0.1) is 0 Å². The van der Waals surface area contributed by atoms with Gasteiger partial charge in [0.05, 0.1) is 0 Å². The molecule has 24 heavy (non-hydrogen) atoms. The molecule has 0 atom stereocenters. The summed E-state index contributed by atoms with van der Waals surface area (Å²) in [5, 5.41) is 5.39. The van der Waals surface area contributed by atoms with Crippen molar-refractivity contribution in [2.24, 2.45) is 0 Å². The van der Waals surface area contributed by atoms with Gasteiger partial charge < -0.3 is 19.5 Å². The number of carbonyl (C=O) groups excluding carboxylic acids is 2. The molecule has 0 spiro atoms. The number of anilines is 2. The third-order valence-corrected chi connectivity index (χ3v) is 3.85. The van der Waals surface area contributed by atoms with Gasteiger partial charge in [0.2, 0.25) is 0 Å². The highest BCUT2D eigenvalue weighted by atomic mass is 79.9. The number of halogens is 2. The summed E-state index contributed by atoms with van der Waals surface area (Å²) in [6.45, 7) is 0. The second-order valence-corrected chi connectivity index (χ2v) is 6.26. The van der Waals surface area contributed by atoms with E-state index in [1.807, 2.05) is 0 Å². The minimum absolute atomic E-state index is 0.197. The Bertz CT molecular complexity index is 810. The smallest absolute Gasteiger partial charge is 0.291 e. The molecule has 3 rings (SSSR count). The number of furan rings is 2. The molecule has 0 saturated heterocycles. The Morgan fingerprint density at radius 2 is 1.04 bits per heavy atom. The number of rotatable bonds is 4. The van der Waals surface area contributed by atoms with Gasteiger partial charge in [0.1, 0.15) is 0 Å². The Morgan fingerprint density at radius 3 is 1.33 bits per heavy atom. The largest absolute Gasteiger partial charge is 0.444 e. The molecule has 1 aromatic carbocycles. The summed E-state index contributed by atoms with van der Waals surface area (Å²) in [5.74, 6) is -0.332. The number of nitrogens with one attached hydrogen (secondary N) is 2. The van der Waals surface area contributed by atoms with E-state index in [-0.39, 0.29) is 23.3 Å². The van der Waals surface area contributed by atoms with Crippen LogP contribution in [-0.2, 0) is 0 Å². The lowest BCUT2D eigenvalue weighted by Crippen LogP contribution is -2.12. The molecule has 2 amide bonds. The summed E-state index contributed by atoms with van der Waals surface area (Å²) in [6, 6.07) is 13.1. The van der Waals surface area contributed by atoms with Crippen LogP contribution >= 0.6 is 31.9 Å². The van der Waals surface area contributed by atoms with E-state index in [1.54, 1.807) is 48.5 Å². The predicted octanol–water partition coefficient (Wildman–Crippen LogP) is 4.90. The maximum atomic E-state index is 12.0. The summed E-state index contributed by atoms with van der Waals surface area (Å²) in [5.41, 5.74) is 1.15. The number of hydrogen-bond donors (Lipinski definition) is 2. The van der Waals surface area contributed by atoms with Crippen molar-refractivity contribution in [2.45, 2.75) is 0 Å². The Kier molecular flexibility index (Phi) is 4.86. The molecule has 0 aliphatic heterocycles. The van der Waals surface area contributed by atoms with Gasteiger partial charge in [0, 0.05) is 11.4 Å². The molecule has 2 heterocycles. The van der Waals surface area contributed by atoms with Gasteiger partial charge in [-0.25, -0.2) is 0 Å². The molecule has 122 valence electrons. The van der Waals surface area contributed by atoms with E-state index in [9.17, 15) is 9.59 Å². The normalized spacial score (nSPS) is 10.4. The highest BCUT2D eigenvalue weighted by molar-refractivity contribution is 9.10. The van der Waals surface area contributed by atoms with Gasteiger partial charge >= 0.3 is 0 Å². The minimum atomic E-state index is -0.363. The van der Waals surface area contributed by atoms with E-state index in [4.69, 9.17) is 8.83 Å². The fourth-order valence-corrected chi connectivity index (χ4v) is 2.51. The monoisotopic (exact) mass is 452 g/mol. The van der Waals surface area contributed by atoms with Crippen LogP contribution in [0.4, 0.5) is 11.4 Å². The van der Waals surface area contributed by atoms with E-state index >= 15 is 0 Å². The highest BCUT2D eigenvalue weighted by Crippen LogP contribution is 2.19. The van der Waals surface area contributed by atoms with Crippen molar-refractivity contribution in [2.75, 3.05) is 10.6 Å². The van der Waals surface area contributed by atoms with Crippen LogP contribution in [0.15, 0.2) is 66.7 Å². The van der Waals surface area contributed by atoms with Crippen LogP contribution in [0.1, 0.15) is 21.1 Å². The Balaban J connectivity index is 1.63. The minimum Gasteiger partial charge on any atom is -0.444 e. The van der Waals surface area contributed by atoms with E-state index in [2.05, 4.69) is 42.5 Å². The zero-order valence-corrected chi connectivity index (χ0v) is 15.2. The third-order valence-electron chi connectivity index (χ3n) is 2.99. The summed E-state index contributed by atoms with van der Waals surface area (Å²) < 4.78 is 11.3. The molecule has 0 saturated carbocycles. The van der Waals surface area contributed by atoms with Crippen molar-refractivity contribution < 1.29 is 18.4 Å². The first-order chi connectivity index (χ1) is 11.5. The standard InChI is InChI=1S/C16H10Br2N2O4/c17-13-7-5-11(23-13)15(21)19-9-1-2-10(4-3-9)20-16(22)12-6-8-14(18)24-12/h1-8H,(H,19,21)(H,20,22). The van der Waals surface area contributed by atoms with Crippen LogP contribution in [0.5, 0.6) is 0 Å². The summed E-state index contributed by atoms with van der Waals surface area (Å²) in [6.07, 6.45) is 0. The molecule has 0 bridgehead atoms. The lowest BCUT2D eigenvalue weighted by molar-refractivity contribution is 0.0988. The molecule has 0 fully saturated rings. The molecule has 0 radical (unpaired) electrons. The second kappa shape index (κ2) is 7.06. The van der Waals surface area contributed by atoms with Crippen LogP contribution in [0, 0.1) is 0 Å². The lowest BCUT2D eigenvalue weighted by atomic mass is 10.2. The van der Waals surface area contributed by atoms with E-state index in [0.717, 1.165) is 0 Å². The molecule has 6 nitrogen and oxygen atoms in total. The van der Waals surface area contributed by atoms with E-state index < -0.39 is 0 Å².